The number of rotatable bonds is 0. The normalized spacial score (nSPS) is 33.5. The first-order chi connectivity index (χ1) is 9.65. The molecule has 15 heteroatoms. The van der Waals surface area contributed by atoms with E-state index in [0.29, 0.717) is 0 Å². The van der Waals surface area contributed by atoms with Crippen molar-refractivity contribution in [1.29, 1.82) is 0 Å². The Balaban J connectivity index is 3.95. The third-order valence-corrected chi connectivity index (χ3v) is 2.92. The van der Waals surface area contributed by atoms with Crippen LogP contribution in [0.1, 0.15) is 0 Å². The molecule has 23 heavy (non-hydrogen) atoms. The van der Waals surface area contributed by atoms with Gasteiger partial charge in [-0.1, -0.05) is 0 Å². The molecule has 0 atom stereocenters. The maximum absolute atomic E-state index is 12.7. The van der Waals surface area contributed by atoms with Crippen LogP contribution in [0.2, 0.25) is 0 Å². The van der Waals surface area contributed by atoms with Crippen LogP contribution in [0, 0.1) is 6.17 Å². The van der Waals surface area contributed by atoms with Gasteiger partial charge in [0.1, 0.15) is 0 Å². The van der Waals surface area contributed by atoms with Crippen LogP contribution < -0.4 is 0 Å². The van der Waals surface area contributed by atoms with E-state index < -0.39 is 47.6 Å². The van der Waals surface area contributed by atoms with Crippen molar-refractivity contribution in [3.05, 3.63) is 6.17 Å². The van der Waals surface area contributed by atoms with E-state index >= 15 is 0 Å². The first-order valence-corrected chi connectivity index (χ1v) is 4.83. The van der Waals surface area contributed by atoms with Crippen LogP contribution in [0.3, 0.4) is 0 Å². The Kier molecular flexibility index (Phi) is 3.75. The second-order valence-corrected chi connectivity index (χ2v) is 4.33. The maximum atomic E-state index is 12.7. The summed E-state index contributed by atoms with van der Waals surface area (Å²) in [6, 6.07) is 0. The highest BCUT2D eigenvalue weighted by atomic mass is 19.4. The molecule has 0 aromatic heterocycles. The van der Waals surface area contributed by atoms with Crippen LogP contribution in [0.15, 0.2) is 0 Å². The summed E-state index contributed by atoms with van der Waals surface area (Å²) >= 11 is 0. The summed E-state index contributed by atoms with van der Waals surface area (Å²) in [5.74, 6) is -55.2. The van der Waals surface area contributed by atoms with Crippen molar-refractivity contribution in [2.45, 2.75) is 41.5 Å². The Labute approximate surface area is 115 Å². The van der Waals surface area contributed by atoms with E-state index in [4.69, 9.17) is 0 Å². The van der Waals surface area contributed by atoms with Crippen molar-refractivity contribution in [3.8, 4) is 0 Å². The summed E-state index contributed by atoms with van der Waals surface area (Å²) in [5.41, 5.74) is 0. The molecule has 1 rings (SSSR count). The van der Waals surface area contributed by atoms with Gasteiger partial charge < -0.3 is 0 Å². The lowest BCUT2D eigenvalue weighted by molar-refractivity contribution is -0.462. The molecular formula is C8F15. The minimum Gasteiger partial charge on any atom is -0.226 e. The highest BCUT2D eigenvalue weighted by Crippen LogP contribution is 2.68. The van der Waals surface area contributed by atoms with Gasteiger partial charge in [-0.05, 0) is 0 Å². The van der Waals surface area contributed by atoms with Crippen molar-refractivity contribution in [2.75, 3.05) is 0 Å². The topological polar surface area (TPSA) is 0 Å². The molecule has 0 aromatic rings. The van der Waals surface area contributed by atoms with Crippen molar-refractivity contribution in [1.82, 2.24) is 0 Å². The van der Waals surface area contributed by atoms with Gasteiger partial charge in [0.25, 0.3) is 6.17 Å². The molecule has 0 heterocycles. The lowest BCUT2D eigenvalue weighted by atomic mass is 9.81. The number of halogens is 15. The lowest BCUT2D eigenvalue weighted by Crippen LogP contribution is -2.78. The summed E-state index contributed by atoms with van der Waals surface area (Å²) in [4.78, 5) is 0. The maximum Gasteiger partial charge on any atom is 0.384 e. The fourth-order valence-electron chi connectivity index (χ4n) is 1.46. The van der Waals surface area contributed by atoms with Crippen LogP contribution in [0.25, 0.3) is 0 Å². The zero-order valence-electron chi connectivity index (χ0n) is 9.67. The van der Waals surface area contributed by atoms with Crippen molar-refractivity contribution >= 4 is 0 Å². The quantitative estimate of drug-likeness (QED) is 0.521. The Hall–Kier alpha value is -1.05. The summed E-state index contributed by atoms with van der Waals surface area (Å²) in [7, 11) is 0. The van der Waals surface area contributed by atoms with E-state index in [1.54, 1.807) is 0 Å². The van der Waals surface area contributed by atoms with E-state index in [1.165, 1.54) is 0 Å². The van der Waals surface area contributed by atoms with Gasteiger partial charge in [-0.25, -0.2) is 4.39 Å². The van der Waals surface area contributed by atoms with E-state index in [9.17, 15) is 65.9 Å². The molecule has 0 nitrogen and oxygen atoms in total. The highest BCUT2D eigenvalue weighted by molar-refractivity contribution is 5.27. The average Bonchev–Trinajstić information content (AvgIpc) is 2.35. The van der Waals surface area contributed by atoms with Gasteiger partial charge in [-0.3, -0.25) is 0 Å². The van der Waals surface area contributed by atoms with Crippen molar-refractivity contribution in [3.63, 3.8) is 0 Å². The van der Waals surface area contributed by atoms with E-state index in [0.717, 1.165) is 0 Å². The number of hydrogen-bond acceptors (Lipinski definition) is 0. The van der Waals surface area contributed by atoms with Crippen LogP contribution in [-0.4, -0.2) is 41.5 Å². The molecular weight excluding hydrogens is 381 g/mol. The average molecular weight is 381 g/mol. The zero-order chi connectivity index (χ0) is 19.1. The second kappa shape index (κ2) is 4.32. The minimum absolute atomic E-state index is 5.31. The standard InChI is InChI=1S/C8F15/c9-1-2(10,11)4(14,15)6(18,19)8(22,23)7(20,21)5(16,17)3(1,12)13. The molecule has 1 radical (unpaired) electrons. The Morgan fingerprint density at radius 3 is 0.739 bits per heavy atom. The summed E-state index contributed by atoms with van der Waals surface area (Å²) in [6.45, 7) is 0. The summed E-state index contributed by atoms with van der Waals surface area (Å²) in [5, 5.41) is 0. The fourth-order valence-corrected chi connectivity index (χ4v) is 1.46. The lowest BCUT2D eigenvalue weighted by Gasteiger charge is -2.46. The third kappa shape index (κ3) is 1.78. The van der Waals surface area contributed by atoms with Crippen molar-refractivity contribution < 1.29 is 65.9 Å². The molecule has 0 aromatic carbocycles. The van der Waals surface area contributed by atoms with Gasteiger partial charge in [0.05, 0.1) is 0 Å². The monoisotopic (exact) mass is 381 g/mol. The largest absolute Gasteiger partial charge is 0.384 e. The predicted octanol–water partition coefficient (Wildman–Crippen LogP) is 4.95. The van der Waals surface area contributed by atoms with Gasteiger partial charge in [-0.15, -0.1) is 0 Å². The van der Waals surface area contributed by atoms with Gasteiger partial charge in [0.2, 0.25) is 0 Å². The third-order valence-electron chi connectivity index (χ3n) is 2.92. The molecule has 0 N–H and O–H groups in total. The smallest absolute Gasteiger partial charge is 0.226 e. The minimum atomic E-state index is -8.10. The Morgan fingerprint density at radius 2 is 0.522 bits per heavy atom. The number of hydrogen-bond donors (Lipinski definition) is 0. The molecule has 1 aliphatic rings. The molecule has 137 valence electrons. The van der Waals surface area contributed by atoms with Crippen LogP contribution >= 0.6 is 0 Å². The SMILES string of the molecule is F[C]1C(F)(F)C(F)(F)C(F)(F)C(F)(F)C(F)(F)C(F)(F)C1(F)F. The van der Waals surface area contributed by atoms with Gasteiger partial charge in [-0.2, -0.15) is 61.5 Å². The molecule has 0 spiro atoms. The molecule has 1 fully saturated rings. The van der Waals surface area contributed by atoms with Gasteiger partial charge >= 0.3 is 41.5 Å². The van der Waals surface area contributed by atoms with E-state index in [1.807, 2.05) is 0 Å². The van der Waals surface area contributed by atoms with Crippen LogP contribution in [-0.2, 0) is 0 Å². The second-order valence-electron chi connectivity index (χ2n) is 4.33. The number of alkyl halides is 14. The van der Waals surface area contributed by atoms with E-state index in [2.05, 4.69) is 0 Å². The van der Waals surface area contributed by atoms with Gasteiger partial charge in [0, 0.05) is 0 Å². The molecule has 0 unspecified atom stereocenters. The Bertz CT molecular complexity index is 446. The Morgan fingerprint density at radius 1 is 0.348 bits per heavy atom. The van der Waals surface area contributed by atoms with E-state index in [-0.39, 0.29) is 0 Å². The predicted molar refractivity (Wildman–Crippen MR) is 39.0 cm³/mol. The van der Waals surface area contributed by atoms with Gasteiger partial charge in [0.15, 0.2) is 0 Å². The molecule has 1 aliphatic carbocycles. The molecule has 0 amide bonds. The van der Waals surface area contributed by atoms with Crippen LogP contribution in [0.5, 0.6) is 0 Å². The zero-order valence-corrected chi connectivity index (χ0v) is 9.67. The van der Waals surface area contributed by atoms with Crippen molar-refractivity contribution in [2.24, 2.45) is 0 Å². The summed E-state index contributed by atoms with van der Waals surface area (Å²) < 4.78 is 191. The highest BCUT2D eigenvalue weighted by Gasteiger charge is 2.98. The summed E-state index contributed by atoms with van der Waals surface area (Å²) in [6.07, 6.45) is -5.31. The first kappa shape index (κ1) is 20.0. The molecule has 0 bridgehead atoms. The first-order valence-electron chi connectivity index (χ1n) is 4.83. The fraction of sp³-hybridized carbons (Fsp3) is 0.875. The molecule has 0 aliphatic heterocycles. The molecule has 0 saturated heterocycles. The van der Waals surface area contributed by atoms with Crippen LogP contribution in [0.4, 0.5) is 65.9 Å². The molecule has 1 saturated carbocycles.